The topological polar surface area (TPSA) is 40.5 Å². The van der Waals surface area contributed by atoms with Crippen LogP contribution in [-0.2, 0) is 0 Å². The zero-order chi connectivity index (χ0) is 45.2. The van der Waals surface area contributed by atoms with Crippen molar-refractivity contribution in [3.63, 3.8) is 0 Å². The van der Waals surface area contributed by atoms with Crippen molar-refractivity contribution in [2.45, 2.75) is 212 Å². The zero-order valence-electron chi connectivity index (χ0n) is 43.1. The van der Waals surface area contributed by atoms with Crippen LogP contribution in [0.2, 0.25) is 0 Å². The van der Waals surface area contributed by atoms with Gasteiger partial charge >= 0.3 is 26.0 Å². The summed E-state index contributed by atoms with van der Waals surface area (Å²) in [6.07, 6.45) is 47.1. The predicted molar refractivity (Wildman–Crippen MR) is 290 cm³/mol. The van der Waals surface area contributed by atoms with E-state index in [0.29, 0.717) is 33.0 Å². The van der Waals surface area contributed by atoms with E-state index in [4.69, 9.17) is 0 Å². The maximum Gasteiger partial charge on any atom is 1.00 e. The molecule has 0 radical (unpaired) electrons. The van der Waals surface area contributed by atoms with Crippen molar-refractivity contribution in [1.29, 1.82) is 0 Å². The number of allylic oxidation sites excluding steroid dienone is 12. The van der Waals surface area contributed by atoms with E-state index in [1.165, 1.54) is 122 Å². The van der Waals surface area contributed by atoms with Crippen LogP contribution in [0.5, 0.6) is 0 Å². The van der Waals surface area contributed by atoms with Gasteiger partial charge in [-0.05, 0) is 234 Å². The Morgan fingerprint density at radius 1 is 0.478 bits per heavy atom. The Morgan fingerprint density at radius 2 is 0.866 bits per heavy atom. The molecule has 5 heteroatoms. The van der Waals surface area contributed by atoms with Crippen molar-refractivity contribution in [1.82, 2.24) is 0 Å². The fraction of sp³-hybridized carbons (Fsp3) is 0.806. The summed E-state index contributed by atoms with van der Waals surface area (Å²) in [4.78, 5) is 0. The summed E-state index contributed by atoms with van der Waals surface area (Å²) < 4.78 is 1.67. The molecule has 0 aliphatic heterocycles. The first kappa shape index (κ1) is 54.5. The Kier molecular flexibility index (Phi) is 16.2. The molecule has 0 aromatic heterocycles. The number of halogens is 1. The second-order valence-electron chi connectivity index (χ2n) is 26.8. The Labute approximate surface area is 439 Å². The normalized spacial score (nSPS) is 49.2. The van der Waals surface area contributed by atoms with Crippen LogP contribution in [0, 0.1) is 110 Å². The third-order valence-electron chi connectivity index (χ3n) is 23.6. The van der Waals surface area contributed by atoms with Crippen molar-refractivity contribution in [3.8, 4) is 0 Å². The molecule has 6 fully saturated rings. The van der Waals surface area contributed by atoms with Gasteiger partial charge in [0, 0.05) is 5.41 Å². The van der Waals surface area contributed by atoms with Crippen molar-refractivity contribution in [2.75, 3.05) is 0 Å². The standard InChI is InChI=1S/C20H31BO2.C20H29I.C20H29.2CH4.Li/c1-13-8-10-19(2)14(12-13)4-5-15-16-6-7-18(21(22)23)20(16,3)11-9-17(15)19;1-13-8-10-19(2)14(12-13)4-5-15-16-6-7-18(21)20(16,3)11-9-17(15)19;1-14-8-12-20(3)15(13-14)6-7-16-17-5-4-10-19(17,2)11-9-18(16)20;;;/h4,7,13,15-17,22-23H,5-6,8-12H2,1-3H3;4,7,13,15-17H,5-6,8-12H2,1-3H3;4,6,14,16-18H,5,7-9,11-13H2,1-3H3;2*1H4;/q;;-1;;;+1/t2*13-,15?,16?,17?,19-,20-;14-,16?,17?,18?,19-,20-;;;/m000.../s1. The zero-order valence-corrected chi connectivity index (χ0v) is 45.2. The second-order valence-corrected chi connectivity index (χ2v) is 28.0. The fourth-order valence-corrected chi connectivity index (χ4v) is 20.3. The van der Waals surface area contributed by atoms with Gasteiger partial charge in [0.15, 0.2) is 0 Å². The van der Waals surface area contributed by atoms with E-state index < -0.39 is 7.12 Å². The van der Waals surface area contributed by atoms with E-state index >= 15 is 0 Å². The van der Waals surface area contributed by atoms with Crippen LogP contribution in [-0.4, -0.2) is 17.2 Å². The molecule has 0 aromatic rings. The van der Waals surface area contributed by atoms with Crippen molar-refractivity contribution in [3.05, 3.63) is 68.3 Å². The number of rotatable bonds is 1. The molecule has 0 saturated heterocycles. The molecule has 0 spiro atoms. The Morgan fingerprint density at radius 3 is 1.33 bits per heavy atom. The van der Waals surface area contributed by atoms with Crippen LogP contribution in [0.4, 0.5) is 0 Å². The molecule has 67 heavy (non-hydrogen) atoms. The average molecular weight is 1020 g/mol. The van der Waals surface area contributed by atoms with Crippen molar-refractivity contribution in [2.24, 2.45) is 104 Å². The molecule has 2 nitrogen and oxygen atoms in total. The largest absolute Gasteiger partial charge is 1.00 e. The molecule has 12 aliphatic carbocycles. The number of hydrogen-bond acceptors (Lipinski definition) is 2. The number of hydrogen-bond donors (Lipinski definition) is 2. The molecule has 6 saturated carbocycles. The van der Waals surface area contributed by atoms with Gasteiger partial charge in [-0.2, -0.15) is 5.41 Å². The molecule has 12 aliphatic rings. The third kappa shape index (κ3) is 8.85. The molecule has 9 unspecified atom stereocenters. The molecule has 0 aromatic carbocycles. The minimum atomic E-state index is -1.26. The summed E-state index contributed by atoms with van der Waals surface area (Å²) in [6, 6.07) is 0. The van der Waals surface area contributed by atoms with Gasteiger partial charge in [-0.15, -0.1) is 0 Å². The average Bonchev–Trinajstić information content (AvgIpc) is 3.93. The van der Waals surface area contributed by atoms with Gasteiger partial charge in [0.1, 0.15) is 0 Å². The van der Waals surface area contributed by atoms with Gasteiger partial charge < -0.3 is 16.1 Å². The number of fused-ring (bicyclic) bond motifs is 15. The maximum atomic E-state index is 9.79. The van der Waals surface area contributed by atoms with Crippen LogP contribution in [0.3, 0.4) is 0 Å². The van der Waals surface area contributed by atoms with E-state index in [1.54, 1.807) is 9.15 Å². The van der Waals surface area contributed by atoms with Crippen LogP contribution >= 0.6 is 22.6 Å². The molecule has 12 rings (SSSR count). The van der Waals surface area contributed by atoms with E-state index in [2.05, 4.69) is 127 Å². The van der Waals surface area contributed by atoms with E-state index in [-0.39, 0.29) is 39.1 Å². The van der Waals surface area contributed by atoms with Crippen LogP contribution < -0.4 is 18.9 Å². The van der Waals surface area contributed by atoms with E-state index in [1.807, 2.05) is 11.1 Å². The second kappa shape index (κ2) is 19.9. The monoisotopic (exact) mass is 1020 g/mol. The van der Waals surface area contributed by atoms with Crippen LogP contribution in [0.1, 0.15) is 212 Å². The van der Waals surface area contributed by atoms with Crippen LogP contribution in [0.15, 0.2) is 62.2 Å². The Bertz CT molecular complexity index is 2010. The van der Waals surface area contributed by atoms with Crippen molar-refractivity contribution >= 4 is 29.7 Å². The molecule has 2 N–H and O–H groups in total. The summed E-state index contributed by atoms with van der Waals surface area (Å²) in [5.41, 5.74) is 8.76. The molecule has 18 atom stereocenters. The smallest absolute Gasteiger partial charge is 0.494 e. The summed E-state index contributed by atoms with van der Waals surface area (Å²) in [7, 11) is -1.26. The summed E-state index contributed by atoms with van der Waals surface area (Å²) in [5.74, 6) is 10.4. The fourth-order valence-electron chi connectivity index (χ4n) is 19.4. The summed E-state index contributed by atoms with van der Waals surface area (Å²) in [6.45, 7) is 22.4. The molecule has 368 valence electrons. The Hall–Kier alpha value is -0.248. The molecule has 0 bridgehead atoms. The molecular formula is C62H97BILiO2. The molecule has 0 heterocycles. The van der Waals surface area contributed by atoms with Gasteiger partial charge in [0.2, 0.25) is 0 Å². The predicted octanol–water partition coefficient (Wildman–Crippen LogP) is 14.5. The van der Waals surface area contributed by atoms with Gasteiger partial charge in [-0.25, -0.2) is 0 Å². The van der Waals surface area contributed by atoms with E-state index in [9.17, 15) is 10.0 Å². The van der Waals surface area contributed by atoms with E-state index in [0.717, 1.165) is 83.4 Å². The van der Waals surface area contributed by atoms with Gasteiger partial charge in [0.05, 0.1) is 0 Å². The molecular weight excluding hydrogens is 921 g/mol. The molecule has 0 amide bonds. The first-order valence-electron chi connectivity index (χ1n) is 27.4. The summed E-state index contributed by atoms with van der Waals surface area (Å²) >= 11 is 2.64. The first-order chi connectivity index (χ1) is 30.3. The maximum absolute atomic E-state index is 9.79. The minimum absolute atomic E-state index is 0. The third-order valence-corrected chi connectivity index (χ3v) is 25.3. The van der Waals surface area contributed by atoms with Gasteiger partial charge in [-0.1, -0.05) is 149 Å². The Balaban J connectivity index is 0.000000146. The SMILES string of the molecule is C.C.C[C@H]1CC[C@@]2(C)C(=CCC3C2CC[C@]2(C)C(B(O)O)=CCC32)C1.C[C@H]1CC[C@@]2(C)C(=CCC3C2CC[C@]2(C)C(I)=CCC32)C1.C[C@H]1CC[C@@]2(C)C(=CCC3C4CC=[C-][C@@]4(C)CCC32)C1.[Li+]. The van der Waals surface area contributed by atoms with Crippen molar-refractivity contribution < 1.29 is 28.9 Å². The minimum Gasteiger partial charge on any atom is -0.494 e. The summed E-state index contributed by atoms with van der Waals surface area (Å²) in [5, 5.41) is 19.6. The van der Waals surface area contributed by atoms with Crippen LogP contribution in [0.25, 0.3) is 0 Å². The van der Waals surface area contributed by atoms with Gasteiger partial charge in [0.25, 0.3) is 0 Å². The van der Waals surface area contributed by atoms with Gasteiger partial charge in [-0.3, -0.25) is 6.08 Å². The quantitative estimate of drug-likeness (QED) is 0.119. The first-order valence-corrected chi connectivity index (χ1v) is 28.5.